The maximum Gasteiger partial charge on any atom is 0.246 e. The molecule has 1 fully saturated rings. The van der Waals surface area contributed by atoms with Crippen LogP contribution < -0.4 is 4.74 Å². The summed E-state index contributed by atoms with van der Waals surface area (Å²) in [5.74, 6) is 0.884. The maximum atomic E-state index is 12.6. The van der Waals surface area contributed by atoms with Gasteiger partial charge >= 0.3 is 0 Å². The molecule has 0 bridgehead atoms. The number of sulfonamides is 1. The molecule has 6 nitrogen and oxygen atoms in total. The Morgan fingerprint density at radius 1 is 1.24 bits per heavy atom. The van der Waals surface area contributed by atoms with E-state index in [2.05, 4.69) is 5.16 Å². The fourth-order valence-corrected chi connectivity index (χ4v) is 4.12. The van der Waals surface area contributed by atoms with Gasteiger partial charge in [0.25, 0.3) is 0 Å². The second-order valence-corrected chi connectivity index (χ2v) is 6.76. The Morgan fingerprint density at radius 3 is 2.62 bits per heavy atom. The van der Waals surface area contributed by atoms with E-state index in [1.165, 1.54) is 17.6 Å². The van der Waals surface area contributed by atoms with Gasteiger partial charge in [-0.25, -0.2) is 8.42 Å². The zero-order chi connectivity index (χ0) is 14.9. The summed E-state index contributed by atoms with van der Waals surface area (Å²) in [4.78, 5) is 0.190. The van der Waals surface area contributed by atoms with Crippen molar-refractivity contribution in [2.24, 2.45) is 0 Å². The second kappa shape index (κ2) is 5.50. The Bertz CT molecular complexity index is 719. The average molecular weight is 308 g/mol. The van der Waals surface area contributed by atoms with E-state index in [4.69, 9.17) is 9.26 Å². The van der Waals surface area contributed by atoms with Crippen molar-refractivity contribution in [3.05, 3.63) is 30.5 Å². The lowest BCUT2D eigenvalue weighted by atomic mass is 10.1. The lowest BCUT2D eigenvalue weighted by Crippen LogP contribution is -2.28. The number of ether oxygens (including phenoxy) is 1. The van der Waals surface area contributed by atoms with Crippen molar-refractivity contribution in [1.29, 1.82) is 0 Å². The van der Waals surface area contributed by atoms with Crippen LogP contribution in [0.1, 0.15) is 12.8 Å². The van der Waals surface area contributed by atoms with Crippen LogP contribution in [0.2, 0.25) is 0 Å². The lowest BCUT2D eigenvalue weighted by Gasteiger charge is -2.17. The van der Waals surface area contributed by atoms with Crippen molar-refractivity contribution in [2.75, 3.05) is 20.2 Å². The minimum atomic E-state index is -3.50. The van der Waals surface area contributed by atoms with Gasteiger partial charge < -0.3 is 9.26 Å². The zero-order valence-corrected chi connectivity index (χ0v) is 12.5. The highest BCUT2D eigenvalue weighted by Gasteiger charge is 2.30. The molecule has 0 spiro atoms. The third-order valence-electron chi connectivity index (χ3n) is 3.57. The number of methoxy groups -OCH3 is 1. The molecule has 0 aliphatic carbocycles. The molecule has 0 atom stereocenters. The number of aromatic nitrogens is 1. The summed E-state index contributed by atoms with van der Waals surface area (Å²) < 4.78 is 37.1. The molecule has 7 heteroatoms. The highest BCUT2D eigenvalue weighted by atomic mass is 32.2. The van der Waals surface area contributed by atoms with Crippen molar-refractivity contribution in [1.82, 2.24) is 9.46 Å². The summed E-state index contributed by atoms with van der Waals surface area (Å²) in [6.45, 7) is 1.13. The first-order chi connectivity index (χ1) is 10.1. The molecule has 3 rings (SSSR count). The van der Waals surface area contributed by atoms with E-state index >= 15 is 0 Å². The van der Waals surface area contributed by atoms with Crippen molar-refractivity contribution in [3.8, 4) is 17.1 Å². The summed E-state index contributed by atoms with van der Waals surface area (Å²) in [5.41, 5.74) is 0.727. The minimum absolute atomic E-state index is 0.190. The largest absolute Gasteiger partial charge is 0.495 e. The molecule has 112 valence electrons. The second-order valence-electron chi connectivity index (χ2n) is 4.85. The van der Waals surface area contributed by atoms with Crippen LogP contribution in [0, 0.1) is 0 Å². The molecule has 0 radical (unpaired) electrons. The molecule has 0 amide bonds. The summed E-state index contributed by atoms with van der Waals surface area (Å²) in [6, 6.07) is 6.63. The Hall–Kier alpha value is -1.86. The fraction of sp³-hybridized carbons (Fsp3) is 0.357. The molecule has 2 aromatic rings. The molecule has 1 aromatic heterocycles. The van der Waals surface area contributed by atoms with Gasteiger partial charge in [0.2, 0.25) is 10.0 Å². The Kier molecular flexibility index (Phi) is 3.69. The lowest BCUT2D eigenvalue weighted by molar-refractivity contribution is 0.397. The van der Waals surface area contributed by atoms with E-state index in [9.17, 15) is 8.42 Å². The number of nitrogens with zero attached hydrogens (tertiary/aromatic N) is 2. The highest BCUT2D eigenvalue weighted by molar-refractivity contribution is 7.89. The number of hydrogen-bond acceptors (Lipinski definition) is 5. The topological polar surface area (TPSA) is 72.6 Å². The minimum Gasteiger partial charge on any atom is -0.495 e. The molecule has 21 heavy (non-hydrogen) atoms. The van der Waals surface area contributed by atoms with E-state index < -0.39 is 10.0 Å². The monoisotopic (exact) mass is 308 g/mol. The van der Waals surface area contributed by atoms with E-state index in [0.717, 1.165) is 18.4 Å². The SMILES string of the molecule is COc1cc(-c2ccno2)ccc1S(=O)(=O)N1CCCC1. The van der Waals surface area contributed by atoms with Gasteiger partial charge in [-0.15, -0.1) is 0 Å². The van der Waals surface area contributed by atoms with Crippen LogP contribution in [0.3, 0.4) is 0 Å². The van der Waals surface area contributed by atoms with Crippen LogP contribution in [-0.2, 0) is 10.0 Å². The van der Waals surface area contributed by atoms with Crippen molar-refractivity contribution in [3.63, 3.8) is 0 Å². The normalized spacial score (nSPS) is 16.2. The van der Waals surface area contributed by atoms with Crippen molar-refractivity contribution in [2.45, 2.75) is 17.7 Å². The van der Waals surface area contributed by atoms with E-state index in [0.29, 0.717) is 24.6 Å². The van der Waals surface area contributed by atoms with E-state index in [1.54, 1.807) is 24.3 Å². The first-order valence-electron chi connectivity index (χ1n) is 6.72. The summed E-state index contributed by atoms with van der Waals surface area (Å²) >= 11 is 0. The fourth-order valence-electron chi connectivity index (χ4n) is 2.47. The molecule has 1 saturated heterocycles. The van der Waals surface area contributed by atoms with Crippen molar-refractivity contribution < 1.29 is 17.7 Å². The predicted octanol–water partition coefficient (Wildman–Crippen LogP) is 2.13. The first kappa shape index (κ1) is 14.1. The number of hydrogen-bond donors (Lipinski definition) is 0. The summed E-state index contributed by atoms with van der Waals surface area (Å²) in [6.07, 6.45) is 3.34. The van der Waals surface area contributed by atoms with Crippen LogP contribution in [0.5, 0.6) is 5.75 Å². The van der Waals surface area contributed by atoms with Gasteiger partial charge in [-0.3, -0.25) is 0 Å². The van der Waals surface area contributed by atoms with Crippen LogP contribution in [0.25, 0.3) is 11.3 Å². The van der Waals surface area contributed by atoms with E-state index in [-0.39, 0.29) is 4.90 Å². The van der Waals surface area contributed by atoms with E-state index in [1.807, 2.05) is 0 Å². The number of rotatable bonds is 4. The predicted molar refractivity (Wildman–Crippen MR) is 76.5 cm³/mol. The quantitative estimate of drug-likeness (QED) is 0.865. The first-order valence-corrected chi connectivity index (χ1v) is 8.16. The van der Waals surface area contributed by atoms with Crippen LogP contribution in [-0.4, -0.2) is 38.1 Å². The van der Waals surface area contributed by atoms with Crippen LogP contribution in [0.4, 0.5) is 0 Å². The van der Waals surface area contributed by atoms with Gasteiger partial charge in [0.1, 0.15) is 10.6 Å². The number of benzene rings is 1. The van der Waals surface area contributed by atoms with Gasteiger partial charge in [-0.05, 0) is 31.0 Å². The summed E-state index contributed by atoms with van der Waals surface area (Å²) in [7, 11) is -2.04. The average Bonchev–Trinajstić information content (AvgIpc) is 3.19. The third kappa shape index (κ3) is 2.54. The molecule has 1 aromatic carbocycles. The maximum absolute atomic E-state index is 12.6. The molecular weight excluding hydrogens is 292 g/mol. The van der Waals surface area contributed by atoms with Gasteiger partial charge in [-0.2, -0.15) is 4.31 Å². The van der Waals surface area contributed by atoms with Gasteiger partial charge in [0.15, 0.2) is 5.76 Å². The van der Waals surface area contributed by atoms with Crippen LogP contribution in [0.15, 0.2) is 39.9 Å². The van der Waals surface area contributed by atoms with Crippen LogP contribution >= 0.6 is 0 Å². The summed E-state index contributed by atoms with van der Waals surface area (Å²) in [5, 5.41) is 3.65. The molecule has 1 aliphatic heterocycles. The van der Waals surface area contributed by atoms with Gasteiger partial charge in [0.05, 0.1) is 13.3 Å². The Labute approximate surface area is 123 Å². The molecule has 2 heterocycles. The smallest absolute Gasteiger partial charge is 0.246 e. The van der Waals surface area contributed by atoms with Gasteiger partial charge in [0, 0.05) is 24.7 Å². The molecule has 0 saturated carbocycles. The third-order valence-corrected chi connectivity index (χ3v) is 5.51. The zero-order valence-electron chi connectivity index (χ0n) is 11.7. The Balaban J connectivity index is 2.03. The van der Waals surface area contributed by atoms with Gasteiger partial charge in [-0.1, -0.05) is 5.16 Å². The standard InChI is InChI=1S/C14H16N2O4S/c1-19-13-10-11(12-6-7-15-20-12)4-5-14(13)21(17,18)16-8-2-3-9-16/h4-7,10H,2-3,8-9H2,1H3. The molecule has 1 aliphatic rings. The molecular formula is C14H16N2O4S. The molecule has 0 N–H and O–H groups in total. The Morgan fingerprint density at radius 2 is 2.00 bits per heavy atom. The molecule has 0 unspecified atom stereocenters. The van der Waals surface area contributed by atoms with Crippen molar-refractivity contribution >= 4 is 10.0 Å². The highest BCUT2D eigenvalue weighted by Crippen LogP contribution is 2.32.